The van der Waals surface area contributed by atoms with E-state index in [1.54, 1.807) is 0 Å². The van der Waals surface area contributed by atoms with Crippen LogP contribution in [-0.2, 0) is 15.9 Å². The summed E-state index contributed by atoms with van der Waals surface area (Å²) in [7, 11) is 9.63. The fraction of sp³-hybridized carbons (Fsp3) is 0. The van der Waals surface area contributed by atoms with Crippen LogP contribution in [0.2, 0.25) is 0 Å². The predicted molar refractivity (Wildman–Crippen MR) is 39.2 cm³/mol. The molecule has 8 N–H and O–H groups in total. The quantitative estimate of drug-likeness (QED) is 0.445. The van der Waals surface area contributed by atoms with E-state index in [4.69, 9.17) is 28.6 Å². The molecule has 0 rings (SSSR count). The minimum atomic E-state index is -0.833. The molecule has 11 heavy (non-hydrogen) atoms. The molecule has 0 unspecified atom stereocenters. The number of amides is 4. The number of carbonyl (C=O) groups is 2. The second-order valence-electron chi connectivity index (χ2n) is 0.850. The molecule has 0 saturated heterocycles. The first-order valence-electron chi connectivity index (χ1n) is 1.80. The number of urea groups is 2. The van der Waals surface area contributed by atoms with Gasteiger partial charge in [-0.25, -0.2) is 9.59 Å². The molecule has 0 aromatic heterocycles. The summed E-state index contributed by atoms with van der Waals surface area (Å²) in [6.45, 7) is 0. The van der Waals surface area contributed by atoms with Gasteiger partial charge < -0.3 is 22.9 Å². The van der Waals surface area contributed by atoms with Gasteiger partial charge in [0, 0.05) is 0 Å². The van der Waals surface area contributed by atoms with E-state index in [0.717, 1.165) is 0 Å². The zero-order valence-electron chi connectivity index (χ0n) is 5.20. The Labute approximate surface area is 79.6 Å². The molecule has 0 saturated carbocycles. The van der Waals surface area contributed by atoms with E-state index < -0.39 is 12.1 Å². The summed E-state index contributed by atoms with van der Waals surface area (Å²) in [5.41, 5.74) is 17.0. The monoisotopic (exact) mass is 296 g/mol. The number of nitrogens with two attached hydrogens (primary N) is 4. The van der Waals surface area contributed by atoms with Gasteiger partial charge in [0.1, 0.15) is 0 Å². The summed E-state index contributed by atoms with van der Waals surface area (Å²) in [6, 6.07) is -1.67. The Bertz CT molecular complexity index is 92.3. The van der Waals surface area contributed by atoms with E-state index in [0.29, 0.717) is 0 Å². The molecular formula is C2H8Cl2N4O2Pd. The zero-order valence-corrected chi connectivity index (χ0v) is 8.26. The molecular weight excluding hydrogens is 289 g/mol. The molecule has 4 amide bonds. The van der Waals surface area contributed by atoms with Gasteiger partial charge in [-0.05, 0) is 0 Å². The number of primary amides is 4. The molecule has 0 aliphatic carbocycles. The Morgan fingerprint density at radius 2 is 0.909 bits per heavy atom. The van der Waals surface area contributed by atoms with Crippen LogP contribution in [0.1, 0.15) is 0 Å². The topological polar surface area (TPSA) is 138 Å². The molecule has 72 valence electrons. The van der Waals surface area contributed by atoms with Crippen molar-refractivity contribution >= 4 is 31.1 Å². The Hall–Kier alpha value is -0.218. The number of hydrogen-bond acceptors (Lipinski definition) is 2. The average Bonchev–Trinajstić information content (AvgIpc) is 1.60. The SMILES string of the molecule is NC(N)=O.NC(N)=O.[Cl][Pd][Cl]. The zero-order chi connectivity index (χ0) is 9.86. The first kappa shape index (κ1) is 17.0. The number of rotatable bonds is 0. The molecule has 0 aliphatic rings. The normalized spacial score (nSPS) is 6.36. The summed E-state index contributed by atoms with van der Waals surface area (Å²) >= 11 is -0.106. The van der Waals surface area contributed by atoms with Gasteiger partial charge in [0.25, 0.3) is 0 Å². The molecule has 6 nitrogen and oxygen atoms in total. The van der Waals surface area contributed by atoms with Gasteiger partial charge in [-0.15, -0.1) is 0 Å². The van der Waals surface area contributed by atoms with Crippen LogP contribution in [0.4, 0.5) is 9.59 Å². The van der Waals surface area contributed by atoms with E-state index in [1.807, 2.05) is 0 Å². The van der Waals surface area contributed by atoms with Crippen molar-refractivity contribution in [2.45, 2.75) is 0 Å². The van der Waals surface area contributed by atoms with E-state index in [2.05, 4.69) is 22.9 Å². The average molecular weight is 297 g/mol. The van der Waals surface area contributed by atoms with Crippen molar-refractivity contribution in [1.29, 1.82) is 0 Å². The van der Waals surface area contributed by atoms with Crippen LogP contribution >= 0.6 is 19.1 Å². The second kappa shape index (κ2) is 16.4. The van der Waals surface area contributed by atoms with Crippen molar-refractivity contribution in [2.24, 2.45) is 22.9 Å². The van der Waals surface area contributed by atoms with Gasteiger partial charge in [0.15, 0.2) is 0 Å². The summed E-state index contributed by atoms with van der Waals surface area (Å²) in [4.78, 5) is 18.0. The van der Waals surface area contributed by atoms with Crippen LogP contribution in [0.5, 0.6) is 0 Å². The fourth-order valence-corrected chi connectivity index (χ4v) is 0. The maximum absolute atomic E-state index is 9.00. The van der Waals surface area contributed by atoms with Gasteiger partial charge in [0.05, 0.1) is 0 Å². The van der Waals surface area contributed by atoms with E-state index >= 15 is 0 Å². The van der Waals surface area contributed by atoms with Gasteiger partial charge in [-0.1, -0.05) is 0 Å². The van der Waals surface area contributed by atoms with Crippen molar-refractivity contribution in [3.8, 4) is 0 Å². The van der Waals surface area contributed by atoms with Crippen molar-refractivity contribution in [2.75, 3.05) is 0 Å². The van der Waals surface area contributed by atoms with Gasteiger partial charge in [-0.3, -0.25) is 0 Å². The second-order valence-corrected chi connectivity index (χ2v) is 3.21. The molecule has 0 atom stereocenters. The van der Waals surface area contributed by atoms with Crippen molar-refractivity contribution in [1.82, 2.24) is 0 Å². The maximum atomic E-state index is 9.00. The Balaban J connectivity index is -0.0000000886. The molecule has 0 aromatic carbocycles. The fourth-order valence-electron chi connectivity index (χ4n) is 0. The third kappa shape index (κ3) is 12500. The van der Waals surface area contributed by atoms with Crippen LogP contribution in [0.3, 0.4) is 0 Å². The Morgan fingerprint density at radius 3 is 0.909 bits per heavy atom. The standard InChI is InChI=1S/2CH4N2O.2ClH.Pd/c2*2-1(3)4;;;/h2*(H4,2,3,4);2*1H;/q;;;;+2/p-2. The van der Waals surface area contributed by atoms with Crippen LogP contribution in [0.15, 0.2) is 0 Å². The third-order valence-electron chi connectivity index (χ3n) is 0. The number of halogens is 2. The first-order valence-corrected chi connectivity index (χ1v) is 5.81. The van der Waals surface area contributed by atoms with Crippen molar-refractivity contribution < 1.29 is 25.5 Å². The number of hydrogen-bond donors (Lipinski definition) is 4. The van der Waals surface area contributed by atoms with E-state index in [1.165, 1.54) is 0 Å². The Kier molecular flexibility index (Phi) is 25.4. The van der Waals surface area contributed by atoms with Gasteiger partial charge in [-0.2, -0.15) is 0 Å². The molecule has 0 fully saturated rings. The molecule has 0 aromatic rings. The Morgan fingerprint density at radius 1 is 0.909 bits per heavy atom. The van der Waals surface area contributed by atoms with Gasteiger partial charge >= 0.3 is 47.1 Å². The van der Waals surface area contributed by atoms with Crippen molar-refractivity contribution in [3.63, 3.8) is 0 Å². The first-order chi connectivity index (χ1) is 4.88. The van der Waals surface area contributed by atoms with Crippen LogP contribution in [-0.4, -0.2) is 12.1 Å². The summed E-state index contributed by atoms with van der Waals surface area (Å²) in [5, 5.41) is 0. The molecule has 9 heteroatoms. The summed E-state index contributed by atoms with van der Waals surface area (Å²) in [6.07, 6.45) is 0. The number of carbonyl (C=O) groups excluding carboxylic acids is 2. The van der Waals surface area contributed by atoms with Crippen molar-refractivity contribution in [3.05, 3.63) is 0 Å². The van der Waals surface area contributed by atoms with E-state index in [-0.39, 0.29) is 15.9 Å². The molecule has 0 spiro atoms. The van der Waals surface area contributed by atoms with Crippen LogP contribution < -0.4 is 22.9 Å². The molecule has 0 aliphatic heterocycles. The predicted octanol–water partition coefficient (Wildman–Crippen LogP) is -0.576. The molecule has 0 bridgehead atoms. The van der Waals surface area contributed by atoms with Gasteiger partial charge in [0.2, 0.25) is 0 Å². The molecule has 0 heterocycles. The summed E-state index contributed by atoms with van der Waals surface area (Å²) < 4.78 is 0. The van der Waals surface area contributed by atoms with E-state index in [9.17, 15) is 0 Å². The molecule has 0 radical (unpaired) electrons. The van der Waals surface area contributed by atoms with Crippen LogP contribution in [0, 0.1) is 0 Å². The summed E-state index contributed by atoms with van der Waals surface area (Å²) in [5.74, 6) is 0. The minimum absolute atomic E-state index is 0.106. The third-order valence-corrected chi connectivity index (χ3v) is 0. The van der Waals surface area contributed by atoms with Crippen LogP contribution in [0.25, 0.3) is 0 Å².